The van der Waals surface area contributed by atoms with Gasteiger partial charge in [-0.3, -0.25) is 0 Å². The predicted octanol–water partition coefficient (Wildman–Crippen LogP) is 2.99. The molecule has 1 aromatic carbocycles. The van der Waals surface area contributed by atoms with Crippen LogP contribution in [-0.4, -0.2) is 17.0 Å². The molecule has 0 bridgehead atoms. The van der Waals surface area contributed by atoms with Crippen LogP contribution in [-0.2, 0) is 6.42 Å². The minimum atomic E-state index is -0.587. The van der Waals surface area contributed by atoms with Crippen molar-refractivity contribution < 1.29 is 8.78 Å². The number of halogens is 3. The Kier molecular flexibility index (Phi) is 4.05. The first-order chi connectivity index (χ1) is 8.60. The molecule has 0 saturated carbocycles. The largest absolute Gasteiger partial charge is 0.372 e. The average molecular weight is 361 g/mol. The molecule has 1 heterocycles. The molecule has 0 amide bonds. The van der Waals surface area contributed by atoms with E-state index in [1.807, 2.05) is 0 Å². The summed E-state index contributed by atoms with van der Waals surface area (Å²) in [4.78, 5) is 8.39. The molecule has 18 heavy (non-hydrogen) atoms. The fourth-order valence-electron chi connectivity index (χ4n) is 1.50. The van der Waals surface area contributed by atoms with Gasteiger partial charge in [0.1, 0.15) is 23.3 Å². The van der Waals surface area contributed by atoms with E-state index in [0.717, 1.165) is 9.64 Å². The Balaban J connectivity index is 2.28. The van der Waals surface area contributed by atoms with Crippen molar-refractivity contribution in [2.45, 2.75) is 6.42 Å². The van der Waals surface area contributed by atoms with E-state index in [-0.39, 0.29) is 6.42 Å². The Morgan fingerprint density at radius 2 is 2.11 bits per heavy atom. The van der Waals surface area contributed by atoms with Gasteiger partial charge >= 0.3 is 0 Å². The molecular weight excluding hydrogens is 351 g/mol. The van der Waals surface area contributed by atoms with Crippen LogP contribution in [0.1, 0.15) is 11.4 Å². The minimum Gasteiger partial charge on any atom is -0.372 e. The van der Waals surface area contributed by atoms with Crippen LogP contribution in [0.5, 0.6) is 0 Å². The Morgan fingerprint density at radius 1 is 1.33 bits per heavy atom. The summed E-state index contributed by atoms with van der Waals surface area (Å²) in [6, 6.07) is 3.50. The smallest absolute Gasteiger partial charge is 0.142 e. The van der Waals surface area contributed by atoms with Crippen molar-refractivity contribution in [1.82, 2.24) is 9.97 Å². The van der Waals surface area contributed by atoms with Gasteiger partial charge in [-0.25, -0.2) is 18.7 Å². The third kappa shape index (κ3) is 2.92. The molecule has 0 aliphatic heterocycles. The van der Waals surface area contributed by atoms with Crippen molar-refractivity contribution in [2.24, 2.45) is 0 Å². The highest BCUT2D eigenvalue weighted by atomic mass is 127. The Hall–Kier alpha value is -1.31. The molecule has 2 aromatic rings. The van der Waals surface area contributed by atoms with E-state index >= 15 is 0 Å². The second kappa shape index (κ2) is 5.55. The normalized spacial score (nSPS) is 10.4. The monoisotopic (exact) mass is 361 g/mol. The number of anilines is 1. The molecule has 2 rings (SSSR count). The van der Waals surface area contributed by atoms with Crippen molar-refractivity contribution in [2.75, 3.05) is 12.4 Å². The van der Waals surface area contributed by atoms with Gasteiger partial charge in [-0.2, -0.15) is 0 Å². The van der Waals surface area contributed by atoms with Crippen molar-refractivity contribution in [3.63, 3.8) is 0 Å². The van der Waals surface area contributed by atoms with Gasteiger partial charge in [-0.1, -0.05) is 6.07 Å². The minimum absolute atomic E-state index is 0.234. The maximum Gasteiger partial charge on any atom is 0.142 e. The molecule has 94 valence electrons. The molecule has 0 spiro atoms. The van der Waals surface area contributed by atoms with Crippen molar-refractivity contribution in [3.8, 4) is 0 Å². The summed E-state index contributed by atoms with van der Waals surface area (Å²) in [6.45, 7) is 0. The second-order valence-corrected chi connectivity index (χ2v) is 4.81. The van der Waals surface area contributed by atoms with E-state index in [4.69, 9.17) is 0 Å². The summed E-state index contributed by atoms with van der Waals surface area (Å²) in [5.74, 6) is 0.0206. The van der Waals surface area contributed by atoms with Gasteiger partial charge in [0.25, 0.3) is 0 Å². The number of aromatic nitrogens is 2. The van der Waals surface area contributed by atoms with Gasteiger partial charge in [0.05, 0.1) is 3.57 Å². The number of benzene rings is 1. The second-order valence-electron chi connectivity index (χ2n) is 3.65. The summed E-state index contributed by atoms with van der Waals surface area (Å²) >= 11 is 2.11. The van der Waals surface area contributed by atoms with Crippen LogP contribution in [0.4, 0.5) is 14.6 Å². The van der Waals surface area contributed by atoms with Gasteiger partial charge in [0, 0.05) is 25.7 Å². The summed E-state index contributed by atoms with van der Waals surface area (Å²) in [5.41, 5.74) is 0.375. The quantitative estimate of drug-likeness (QED) is 0.855. The van der Waals surface area contributed by atoms with E-state index in [0.29, 0.717) is 17.2 Å². The fraction of sp³-hybridized carbons (Fsp3) is 0.167. The summed E-state index contributed by atoms with van der Waals surface area (Å²) in [6.07, 6.45) is 1.90. The van der Waals surface area contributed by atoms with Crippen LogP contribution >= 0.6 is 22.6 Å². The Labute approximate surface area is 117 Å². The van der Waals surface area contributed by atoms with Crippen molar-refractivity contribution in [3.05, 3.63) is 51.0 Å². The zero-order valence-corrected chi connectivity index (χ0v) is 11.7. The lowest BCUT2D eigenvalue weighted by atomic mass is 10.1. The van der Waals surface area contributed by atoms with Crippen LogP contribution in [0, 0.1) is 15.2 Å². The SMILES string of the molecule is CNc1nc(Cc2ccc(F)cc2F)ncc1I. The summed E-state index contributed by atoms with van der Waals surface area (Å²) in [7, 11) is 1.76. The van der Waals surface area contributed by atoms with Gasteiger partial charge in [0.15, 0.2) is 0 Å². The summed E-state index contributed by atoms with van der Waals surface area (Å²) in [5, 5.41) is 2.93. The topological polar surface area (TPSA) is 37.8 Å². The molecule has 1 aromatic heterocycles. The molecule has 0 fully saturated rings. The van der Waals surface area contributed by atoms with Crippen LogP contribution in [0.2, 0.25) is 0 Å². The molecule has 0 aliphatic rings. The van der Waals surface area contributed by atoms with Crippen LogP contribution < -0.4 is 5.32 Å². The molecule has 0 atom stereocenters. The van der Waals surface area contributed by atoms with Crippen LogP contribution in [0.15, 0.2) is 24.4 Å². The van der Waals surface area contributed by atoms with Gasteiger partial charge < -0.3 is 5.32 Å². The van der Waals surface area contributed by atoms with Gasteiger partial charge in [-0.05, 0) is 34.2 Å². The number of hydrogen-bond donors (Lipinski definition) is 1. The zero-order chi connectivity index (χ0) is 13.1. The molecule has 0 unspecified atom stereocenters. The highest BCUT2D eigenvalue weighted by molar-refractivity contribution is 14.1. The van der Waals surface area contributed by atoms with E-state index < -0.39 is 11.6 Å². The van der Waals surface area contributed by atoms with E-state index in [1.165, 1.54) is 12.1 Å². The zero-order valence-electron chi connectivity index (χ0n) is 9.54. The standard InChI is InChI=1S/C12H10F2IN3/c1-16-12-10(15)6-17-11(18-12)4-7-2-3-8(13)5-9(7)14/h2-3,5-6H,4H2,1H3,(H,16,17,18). The lowest BCUT2D eigenvalue weighted by molar-refractivity contribution is 0.573. The lowest BCUT2D eigenvalue weighted by Gasteiger charge is -2.06. The first kappa shape index (κ1) is 13.1. The van der Waals surface area contributed by atoms with E-state index in [9.17, 15) is 8.78 Å². The lowest BCUT2D eigenvalue weighted by Crippen LogP contribution is -2.04. The number of hydrogen-bond acceptors (Lipinski definition) is 3. The molecule has 0 aliphatic carbocycles. The first-order valence-electron chi connectivity index (χ1n) is 5.23. The number of nitrogens with zero attached hydrogens (tertiary/aromatic N) is 2. The third-order valence-corrected chi connectivity index (χ3v) is 3.18. The molecule has 0 radical (unpaired) electrons. The number of rotatable bonds is 3. The molecular formula is C12H10F2IN3. The highest BCUT2D eigenvalue weighted by Gasteiger charge is 2.08. The third-order valence-electron chi connectivity index (χ3n) is 2.39. The fourth-order valence-corrected chi connectivity index (χ4v) is 2.03. The van der Waals surface area contributed by atoms with Crippen LogP contribution in [0.3, 0.4) is 0 Å². The molecule has 3 nitrogen and oxygen atoms in total. The highest BCUT2D eigenvalue weighted by Crippen LogP contribution is 2.16. The van der Waals surface area contributed by atoms with Crippen molar-refractivity contribution >= 4 is 28.4 Å². The molecule has 1 N–H and O–H groups in total. The maximum absolute atomic E-state index is 13.5. The summed E-state index contributed by atoms with van der Waals surface area (Å²) < 4.78 is 27.1. The van der Waals surface area contributed by atoms with Crippen molar-refractivity contribution in [1.29, 1.82) is 0 Å². The Bertz CT molecular complexity index is 575. The average Bonchev–Trinajstić information content (AvgIpc) is 2.35. The van der Waals surface area contributed by atoms with Crippen LogP contribution in [0.25, 0.3) is 0 Å². The first-order valence-corrected chi connectivity index (χ1v) is 6.31. The molecule has 6 heteroatoms. The Morgan fingerprint density at radius 3 is 2.78 bits per heavy atom. The maximum atomic E-state index is 13.5. The van der Waals surface area contributed by atoms with E-state index in [1.54, 1.807) is 13.2 Å². The van der Waals surface area contributed by atoms with Gasteiger partial charge in [0.2, 0.25) is 0 Å². The molecule has 0 saturated heterocycles. The predicted molar refractivity (Wildman–Crippen MR) is 73.5 cm³/mol. The number of nitrogens with one attached hydrogen (secondary N) is 1. The van der Waals surface area contributed by atoms with Gasteiger partial charge in [-0.15, -0.1) is 0 Å². The van der Waals surface area contributed by atoms with E-state index in [2.05, 4.69) is 37.9 Å².